The van der Waals surface area contributed by atoms with Crippen molar-refractivity contribution < 1.29 is 26.7 Å². The molecule has 0 saturated carbocycles. The third-order valence-electron chi connectivity index (χ3n) is 3.13. The summed E-state index contributed by atoms with van der Waals surface area (Å²) in [7, 11) is 0. The van der Waals surface area contributed by atoms with Crippen molar-refractivity contribution in [2.24, 2.45) is 0 Å². The van der Waals surface area contributed by atoms with Gasteiger partial charge < -0.3 is 0 Å². The second kappa shape index (κ2) is 6.80. The number of hydrogen-bond donors (Lipinski definition) is 0. The Kier molecular flexibility index (Phi) is 4.97. The van der Waals surface area contributed by atoms with E-state index in [-0.39, 0.29) is 15.9 Å². The number of Topliss-reactive ketones (excluding diaryl/α,β-unsaturated/α-hetero) is 1. The molecule has 1 aromatic heterocycles. The summed E-state index contributed by atoms with van der Waals surface area (Å²) in [4.78, 5) is 23.9. The summed E-state index contributed by atoms with van der Waals surface area (Å²) < 4.78 is 65.0. The largest absolute Gasteiger partial charge is 0.421 e. The third-order valence-corrected chi connectivity index (χ3v) is 3.13. The van der Waals surface area contributed by atoms with Gasteiger partial charge in [-0.2, -0.15) is 23.5 Å². The SMILES string of the molecule is N#CCc1cc(C(F)(F)F)c(=O)n(CC(=O)c2ccc(F)c(F)c2)n1. The van der Waals surface area contributed by atoms with E-state index in [0.717, 1.165) is 6.07 Å². The lowest BCUT2D eigenvalue weighted by molar-refractivity contribution is -0.139. The van der Waals surface area contributed by atoms with Gasteiger partial charge >= 0.3 is 6.18 Å². The van der Waals surface area contributed by atoms with Gasteiger partial charge in [-0.1, -0.05) is 0 Å². The Labute approximate surface area is 136 Å². The lowest BCUT2D eigenvalue weighted by Crippen LogP contribution is -2.33. The van der Waals surface area contributed by atoms with Crippen LogP contribution in [0, 0.1) is 23.0 Å². The van der Waals surface area contributed by atoms with Gasteiger partial charge in [0.05, 0.1) is 18.2 Å². The minimum atomic E-state index is -5.00. The quantitative estimate of drug-likeness (QED) is 0.622. The van der Waals surface area contributed by atoms with Crippen LogP contribution in [0.25, 0.3) is 0 Å². The van der Waals surface area contributed by atoms with Gasteiger partial charge in [-0.05, 0) is 24.3 Å². The molecule has 0 amide bonds. The van der Waals surface area contributed by atoms with Crippen LogP contribution in [0.3, 0.4) is 0 Å². The summed E-state index contributed by atoms with van der Waals surface area (Å²) in [6.07, 6.45) is -5.51. The van der Waals surface area contributed by atoms with Crippen LogP contribution in [-0.4, -0.2) is 15.6 Å². The number of hydrogen-bond acceptors (Lipinski definition) is 4. The molecule has 0 unspecified atom stereocenters. The van der Waals surface area contributed by atoms with Crippen molar-refractivity contribution in [1.82, 2.24) is 9.78 Å². The Hall–Kier alpha value is -3.09. The summed E-state index contributed by atoms with van der Waals surface area (Å²) in [5.74, 6) is -3.47. The van der Waals surface area contributed by atoms with Gasteiger partial charge in [0.15, 0.2) is 17.4 Å². The van der Waals surface area contributed by atoms with Crippen LogP contribution in [0.5, 0.6) is 0 Å². The molecule has 0 aliphatic rings. The highest BCUT2D eigenvalue weighted by molar-refractivity contribution is 5.95. The predicted molar refractivity (Wildman–Crippen MR) is 73.5 cm³/mol. The highest BCUT2D eigenvalue weighted by Crippen LogP contribution is 2.26. The Bertz CT molecular complexity index is 928. The number of carbonyl (C=O) groups excluding carboxylic acids is 1. The van der Waals surface area contributed by atoms with Crippen LogP contribution in [0.1, 0.15) is 21.6 Å². The number of halogens is 5. The molecule has 130 valence electrons. The topological polar surface area (TPSA) is 75.8 Å². The van der Waals surface area contributed by atoms with E-state index < -0.39 is 47.7 Å². The molecule has 0 radical (unpaired) electrons. The van der Waals surface area contributed by atoms with E-state index in [4.69, 9.17) is 5.26 Å². The van der Waals surface area contributed by atoms with Gasteiger partial charge in [-0.15, -0.1) is 0 Å². The Balaban J connectivity index is 2.46. The number of nitriles is 1. The number of ketones is 1. The van der Waals surface area contributed by atoms with Crippen molar-refractivity contribution in [2.45, 2.75) is 19.1 Å². The molecule has 0 fully saturated rings. The van der Waals surface area contributed by atoms with Crippen LogP contribution < -0.4 is 5.56 Å². The standard InChI is InChI=1S/C15H8F5N3O2/c16-11-2-1-8(5-12(11)17)13(24)7-23-14(25)10(15(18,19)20)6-9(22-23)3-4-21/h1-2,5-6H,3,7H2. The number of rotatable bonds is 4. The monoisotopic (exact) mass is 357 g/mol. The third kappa shape index (κ3) is 4.06. The number of nitrogens with zero attached hydrogens (tertiary/aromatic N) is 3. The average molecular weight is 357 g/mol. The van der Waals surface area contributed by atoms with Crippen molar-refractivity contribution >= 4 is 5.78 Å². The van der Waals surface area contributed by atoms with E-state index in [9.17, 15) is 31.5 Å². The fourth-order valence-corrected chi connectivity index (χ4v) is 1.97. The van der Waals surface area contributed by atoms with Gasteiger partial charge in [0.1, 0.15) is 12.1 Å². The summed E-state index contributed by atoms with van der Waals surface area (Å²) in [6, 6.07) is 4.18. The van der Waals surface area contributed by atoms with E-state index in [1.165, 1.54) is 0 Å². The lowest BCUT2D eigenvalue weighted by Gasteiger charge is -2.11. The van der Waals surface area contributed by atoms with E-state index in [0.29, 0.717) is 18.2 Å². The van der Waals surface area contributed by atoms with E-state index >= 15 is 0 Å². The summed E-state index contributed by atoms with van der Waals surface area (Å²) >= 11 is 0. The molecule has 0 N–H and O–H groups in total. The first-order valence-electron chi connectivity index (χ1n) is 6.67. The molecule has 5 nitrogen and oxygen atoms in total. The molecule has 0 aliphatic carbocycles. The second-order valence-electron chi connectivity index (χ2n) is 4.90. The molecule has 0 saturated heterocycles. The van der Waals surface area contributed by atoms with Crippen molar-refractivity contribution in [3.63, 3.8) is 0 Å². The van der Waals surface area contributed by atoms with Gasteiger partial charge in [-0.25, -0.2) is 13.5 Å². The van der Waals surface area contributed by atoms with Crippen molar-refractivity contribution in [3.8, 4) is 6.07 Å². The molecule has 2 rings (SSSR count). The average Bonchev–Trinajstić information content (AvgIpc) is 2.52. The molecule has 0 aliphatic heterocycles. The van der Waals surface area contributed by atoms with Crippen molar-refractivity contribution in [1.29, 1.82) is 5.26 Å². The maximum atomic E-state index is 13.1. The number of benzene rings is 1. The highest BCUT2D eigenvalue weighted by Gasteiger charge is 2.35. The van der Waals surface area contributed by atoms with Crippen molar-refractivity contribution in [3.05, 3.63) is 63.1 Å². The predicted octanol–water partition coefficient (Wildman–Crippen LogP) is 2.49. The molecule has 25 heavy (non-hydrogen) atoms. The summed E-state index contributed by atoms with van der Waals surface area (Å²) in [5.41, 5.74) is -3.85. The van der Waals surface area contributed by atoms with Crippen molar-refractivity contribution in [2.75, 3.05) is 0 Å². The second-order valence-corrected chi connectivity index (χ2v) is 4.90. The summed E-state index contributed by atoms with van der Waals surface area (Å²) in [5, 5.41) is 12.1. The Morgan fingerprint density at radius 3 is 2.44 bits per heavy atom. The highest BCUT2D eigenvalue weighted by atomic mass is 19.4. The molecular formula is C15H8F5N3O2. The van der Waals surface area contributed by atoms with E-state index in [1.807, 2.05) is 0 Å². The van der Waals surface area contributed by atoms with Gasteiger partial charge in [-0.3, -0.25) is 9.59 Å². The number of aromatic nitrogens is 2. The van der Waals surface area contributed by atoms with Gasteiger partial charge in [0.2, 0.25) is 0 Å². The molecule has 10 heteroatoms. The lowest BCUT2D eigenvalue weighted by atomic mass is 10.1. The fraction of sp³-hybridized carbons (Fsp3) is 0.200. The molecule has 0 bridgehead atoms. The van der Waals surface area contributed by atoms with Gasteiger partial charge in [0, 0.05) is 5.56 Å². The first-order valence-corrected chi connectivity index (χ1v) is 6.67. The minimum absolute atomic E-state index is 0.249. The molecule has 0 spiro atoms. The van der Waals surface area contributed by atoms with Crippen LogP contribution in [-0.2, 0) is 19.1 Å². The van der Waals surface area contributed by atoms with Crippen LogP contribution in [0.15, 0.2) is 29.1 Å². The normalized spacial score (nSPS) is 11.2. The maximum Gasteiger partial charge on any atom is 0.421 e. The molecule has 1 heterocycles. The first kappa shape index (κ1) is 18.3. The van der Waals surface area contributed by atoms with E-state index in [1.54, 1.807) is 6.07 Å². The van der Waals surface area contributed by atoms with Gasteiger partial charge in [0.25, 0.3) is 5.56 Å². The zero-order chi connectivity index (χ0) is 18.8. The number of alkyl halides is 3. The smallest absolute Gasteiger partial charge is 0.292 e. The Morgan fingerprint density at radius 2 is 1.88 bits per heavy atom. The molecular weight excluding hydrogens is 349 g/mol. The van der Waals surface area contributed by atoms with Crippen LogP contribution in [0.2, 0.25) is 0 Å². The zero-order valence-corrected chi connectivity index (χ0v) is 12.3. The first-order chi connectivity index (χ1) is 11.6. The van der Waals surface area contributed by atoms with Crippen LogP contribution in [0.4, 0.5) is 22.0 Å². The molecule has 2 aromatic rings. The fourth-order valence-electron chi connectivity index (χ4n) is 1.97. The Morgan fingerprint density at radius 1 is 1.20 bits per heavy atom. The van der Waals surface area contributed by atoms with E-state index in [2.05, 4.69) is 5.10 Å². The van der Waals surface area contributed by atoms with Crippen LogP contribution >= 0.6 is 0 Å². The molecule has 0 atom stereocenters. The maximum absolute atomic E-state index is 13.1. The molecule has 1 aromatic carbocycles. The minimum Gasteiger partial charge on any atom is -0.292 e. The summed E-state index contributed by atoms with van der Waals surface area (Å²) in [6.45, 7) is -0.924. The zero-order valence-electron chi connectivity index (χ0n) is 12.3. The number of carbonyl (C=O) groups is 1.